The maximum Gasteiger partial charge on any atom is 1.00 e. The van der Waals surface area contributed by atoms with Crippen LogP contribution >= 0.6 is 0 Å². The number of rotatable bonds is 10. The van der Waals surface area contributed by atoms with Crippen molar-refractivity contribution in [2.24, 2.45) is 5.92 Å². The number of ether oxygens (including phenoxy) is 2. The zero-order valence-corrected chi connectivity index (χ0v) is 25.8. The topological polar surface area (TPSA) is 95.2 Å². The van der Waals surface area contributed by atoms with Gasteiger partial charge in [0.25, 0.3) is 0 Å². The van der Waals surface area contributed by atoms with Gasteiger partial charge in [0.1, 0.15) is 28.8 Å². The number of benzene rings is 3. The number of carboxylic acid groups (broad SMARTS) is 1. The Morgan fingerprint density at radius 1 is 0.925 bits per heavy atom. The van der Waals surface area contributed by atoms with E-state index in [1.165, 1.54) is 5.56 Å². The third-order valence-corrected chi connectivity index (χ3v) is 6.56. The van der Waals surface area contributed by atoms with Gasteiger partial charge in [-0.2, -0.15) is 0 Å². The Hall–Kier alpha value is -3.08. The van der Waals surface area contributed by atoms with Crippen molar-refractivity contribution in [1.29, 1.82) is 0 Å². The quantitative estimate of drug-likeness (QED) is 0.229. The minimum absolute atomic E-state index is 0. The first-order chi connectivity index (χ1) is 19.0. The standard InChI is InChI=1S/C31H30N3O5.K/c1-22-8-10-26(11-9-22)38-28-7-3-5-25(19-28)33-39-29-12-13-30(32-20-29)34-16-14-23(15-17-34)21-37-27-6-2-4-24(18-27)31(35)36;/h2-13,18-20,23H,14-17,21H2,1H3,(H,35,36);/q-1;+1. The first-order valence-electron chi connectivity index (χ1n) is 12.9. The van der Waals surface area contributed by atoms with E-state index in [9.17, 15) is 4.79 Å². The summed E-state index contributed by atoms with van der Waals surface area (Å²) in [5, 5.41) is 9.14. The van der Waals surface area contributed by atoms with Crippen LogP contribution in [0.2, 0.25) is 0 Å². The summed E-state index contributed by atoms with van der Waals surface area (Å²) in [7, 11) is 0. The number of hydrogen-bond donors (Lipinski definition) is 1. The van der Waals surface area contributed by atoms with E-state index >= 15 is 0 Å². The summed E-state index contributed by atoms with van der Waals surface area (Å²) in [4.78, 5) is 23.6. The minimum Gasteiger partial charge on any atom is -0.556 e. The molecule has 0 radical (unpaired) electrons. The van der Waals surface area contributed by atoms with Crippen LogP contribution in [-0.4, -0.2) is 35.8 Å². The predicted octanol–water partition coefficient (Wildman–Crippen LogP) is 4.18. The van der Waals surface area contributed by atoms with E-state index in [0.29, 0.717) is 35.5 Å². The number of hydrogen-bond acceptors (Lipinski definition) is 6. The van der Waals surface area contributed by atoms with Crippen molar-refractivity contribution in [2.45, 2.75) is 19.8 Å². The molecule has 40 heavy (non-hydrogen) atoms. The molecule has 0 aliphatic carbocycles. The summed E-state index contributed by atoms with van der Waals surface area (Å²) < 4.78 is 11.8. The Labute approximate surface area is 276 Å². The smallest absolute Gasteiger partial charge is 0.556 e. The fourth-order valence-electron chi connectivity index (χ4n) is 4.33. The first kappa shape index (κ1) is 29.9. The molecule has 1 saturated heterocycles. The normalized spacial score (nSPS) is 13.2. The van der Waals surface area contributed by atoms with Crippen molar-refractivity contribution < 1.29 is 75.6 Å². The number of nitrogens with zero attached hydrogens (tertiary/aromatic N) is 3. The van der Waals surface area contributed by atoms with Crippen LogP contribution in [0.5, 0.6) is 23.0 Å². The molecule has 0 amide bonds. The molecule has 200 valence electrons. The summed E-state index contributed by atoms with van der Waals surface area (Å²) >= 11 is 0. The number of aromatic carboxylic acids is 1. The fraction of sp³-hybridized carbons (Fsp3) is 0.226. The summed E-state index contributed by atoms with van der Waals surface area (Å²) in [6, 6.07) is 25.7. The van der Waals surface area contributed by atoms with E-state index in [1.807, 2.05) is 67.6 Å². The summed E-state index contributed by atoms with van der Waals surface area (Å²) in [6.45, 7) is 4.34. The van der Waals surface area contributed by atoms with Gasteiger partial charge in [-0.3, -0.25) is 0 Å². The number of pyridine rings is 1. The number of aromatic nitrogens is 1. The monoisotopic (exact) mass is 563 g/mol. The Morgan fingerprint density at radius 2 is 1.65 bits per heavy atom. The van der Waals surface area contributed by atoms with E-state index in [2.05, 4.69) is 15.4 Å². The van der Waals surface area contributed by atoms with E-state index in [4.69, 9.17) is 19.4 Å². The molecular weight excluding hydrogens is 533 g/mol. The second kappa shape index (κ2) is 14.5. The van der Waals surface area contributed by atoms with Crippen molar-refractivity contribution in [1.82, 2.24) is 4.98 Å². The van der Waals surface area contributed by atoms with E-state index in [0.717, 1.165) is 37.5 Å². The molecule has 5 rings (SSSR count). The van der Waals surface area contributed by atoms with Crippen molar-refractivity contribution in [3.05, 3.63) is 108 Å². The average Bonchev–Trinajstić information content (AvgIpc) is 2.97. The van der Waals surface area contributed by atoms with Crippen LogP contribution in [0.15, 0.2) is 91.1 Å². The Bertz CT molecular complexity index is 1390. The summed E-state index contributed by atoms with van der Waals surface area (Å²) in [5.41, 5.74) is 6.27. The van der Waals surface area contributed by atoms with Crippen molar-refractivity contribution >= 4 is 17.5 Å². The Morgan fingerprint density at radius 3 is 2.38 bits per heavy atom. The molecule has 4 aromatic rings. The van der Waals surface area contributed by atoms with E-state index in [1.54, 1.807) is 30.5 Å². The van der Waals surface area contributed by atoms with Gasteiger partial charge in [-0.05, 0) is 80.3 Å². The molecule has 1 aliphatic heterocycles. The van der Waals surface area contributed by atoms with Crippen LogP contribution in [0.1, 0.15) is 28.8 Å². The number of aryl methyl sites for hydroxylation is 1. The molecule has 0 spiro atoms. The molecule has 3 aromatic carbocycles. The van der Waals surface area contributed by atoms with Crippen molar-refractivity contribution in [3.63, 3.8) is 0 Å². The van der Waals surface area contributed by atoms with Crippen LogP contribution in [0.25, 0.3) is 5.48 Å². The second-order valence-corrected chi connectivity index (χ2v) is 9.52. The molecule has 8 nitrogen and oxygen atoms in total. The minimum atomic E-state index is -0.955. The van der Waals surface area contributed by atoms with Crippen LogP contribution in [0, 0.1) is 12.8 Å². The molecule has 0 atom stereocenters. The number of anilines is 1. The van der Waals surface area contributed by atoms with Gasteiger partial charge in [0.2, 0.25) is 0 Å². The second-order valence-electron chi connectivity index (χ2n) is 9.52. The Balaban J connectivity index is 0.00000370. The van der Waals surface area contributed by atoms with Gasteiger partial charge in [0.15, 0.2) is 0 Å². The van der Waals surface area contributed by atoms with E-state index < -0.39 is 5.97 Å². The summed E-state index contributed by atoms with van der Waals surface area (Å²) in [6.07, 6.45) is 3.61. The number of piperidine rings is 1. The largest absolute Gasteiger partial charge is 1.00 e. The SMILES string of the molecule is Cc1ccc(Oc2cccc([N-]Oc3ccc(N4CCC(COc5cccc(C(=O)O)c5)CC4)nc3)c2)cc1.[K+]. The van der Waals surface area contributed by atoms with Gasteiger partial charge in [0, 0.05) is 13.1 Å². The van der Waals surface area contributed by atoms with Gasteiger partial charge < -0.3 is 29.8 Å². The zero-order valence-electron chi connectivity index (χ0n) is 22.7. The molecular formula is C31H30KN3O5. The van der Waals surface area contributed by atoms with Gasteiger partial charge in [-0.15, -0.1) is 5.69 Å². The fourth-order valence-corrected chi connectivity index (χ4v) is 4.33. The van der Waals surface area contributed by atoms with Crippen LogP contribution in [0.4, 0.5) is 11.5 Å². The number of carboxylic acids is 1. The third-order valence-electron chi connectivity index (χ3n) is 6.56. The van der Waals surface area contributed by atoms with E-state index in [-0.39, 0.29) is 56.9 Å². The van der Waals surface area contributed by atoms with Crippen LogP contribution in [0.3, 0.4) is 0 Å². The maximum absolute atomic E-state index is 11.1. The van der Waals surface area contributed by atoms with Gasteiger partial charge in [0.05, 0.1) is 18.4 Å². The molecule has 0 saturated carbocycles. The zero-order chi connectivity index (χ0) is 27.0. The average molecular weight is 564 g/mol. The molecule has 0 unspecified atom stereocenters. The third kappa shape index (κ3) is 8.46. The number of carbonyl (C=O) groups is 1. The molecule has 9 heteroatoms. The molecule has 1 aliphatic rings. The van der Waals surface area contributed by atoms with Crippen molar-refractivity contribution in [3.8, 4) is 23.0 Å². The first-order valence-corrected chi connectivity index (χ1v) is 12.9. The molecule has 1 N–H and O–H groups in total. The van der Waals surface area contributed by atoms with Gasteiger partial charge >= 0.3 is 57.4 Å². The maximum atomic E-state index is 11.1. The Kier molecular flexibility index (Phi) is 10.8. The predicted molar refractivity (Wildman–Crippen MR) is 149 cm³/mol. The molecule has 0 bridgehead atoms. The molecule has 1 aromatic heterocycles. The van der Waals surface area contributed by atoms with Gasteiger partial charge in [-0.1, -0.05) is 35.9 Å². The molecule has 1 fully saturated rings. The van der Waals surface area contributed by atoms with Crippen LogP contribution in [-0.2, 0) is 0 Å². The molecule has 2 heterocycles. The van der Waals surface area contributed by atoms with Gasteiger partial charge in [-0.25, -0.2) is 9.78 Å². The summed E-state index contributed by atoms with van der Waals surface area (Å²) in [5.74, 6) is 2.93. The van der Waals surface area contributed by atoms with Crippen LogP contribution < -0.4 is 70.6 Å². The van der Waals surface area contributed by atoms with Crippen molar-refractivity contribution in [2.75, 3.05) is 24.6 Å².